The van der Waals surface area contributed by atoms with Crippen LogP contribution in [0.15, 0.2) is 0 Å². The van der Waals surface area contributed by atoms with Crippen molar-refractivity contribution in [1.82, 2.24) is 10.8 Å². The highest BCUT2D eigenvalue weighted by Crippen LogP contribution is 2.17. The van der Waals surface area contributed by atoms with Crippen LogP contribution in [0.4, 0.5) is 4.79 Å². The van der Waals surface area contributed by atoms with Gasteiger partial charge in [-0.2, -0.15) is 0 Å². The van der Waals surface area contributed by atoms with Crippen LogP contribution >= 0.6 is 0 Å². The molecule has 0 heterocycles. The number of urea groups is 1. The van der Waals surface area contributed by atoms with E-state index in [0.717, 1.165) is 12.8 Å². The van der Waals surface area contributed by atoms with Gasteiger partial charge in [-0.05, 0) is 19.3 Å². The minimum Gasteiger partial charge on any atom is -0.382 e. The van der Waals surface area contributed by atoms with Crippen LogP contribution in [-0.2, 0) is 9.57 Å². The summed E-state index contributed by atoms with van der Waals surface area (Å²) in [5.74, 6) is 0. The van der Waals surface area contributed by atoms with E-state index in [2.05, 4.69) is 10.8 Å². The Labute approximate surface area is 77.7 Å². The average molecular weight is 188 g/mol. The fourth-order valence-corrected chi connectivity index (χ4v) is 1.01. The summed E-state index contributed by atoms with van der Waals surface area (Å²) in [5, 5.41) is 2.78. The predicted molar refractivity (Wildman–Crippen MR) is 47.1 cm³/mol. The quantitative estimate of drug-likeness (QED) is 0.485. The lowest BCUT2D eigenvalue weighted by Gasteiger charge is -2.26. The van der Waals surface area contributed by atoms with Crippen molar-refractivity contribution in [2.24, 2.45) is 0 Å². The monoisotopic (exact) mass is 188 g/mol. The molecule has 2 amide bonds. The van der Waals surface area contributed by atoms with Crippen molar-refractivity contribution < 1.29 is 14.4 Å². The number of carbonyl (C=O) groups excluding carboxylic acids is 1. The van der Waals surface area contributed by atoms with Gasteiger partial charge < -0.3 is 10.1 Å². The molecule has 0 saturated heterocycles. The summed E-state index contributed by atoms with van der Waals surface area (Å²) in [5.41, 5.74) is 2.29. The Morgan fingerprint density at radius 3 is 2.77 bits per heavy atom. The third-order valence-corrected chi connectivity index (χ3v) is 1.99. The Morgan fingerprint density at radius 2 is 2.23 bits per heavy atom. The Hall–Kier alpha value is -0.810. The molecule has 5 heteroatoms. The normalized spacial score (nSPS) is 16.4. The second kappa shape index (κ2) is 5.77. The van der Waals surface area contributed by atoms with Gasteiger partial charge in [-0.3, -0.25) is 4.84 Å². The number of amides is 2. The molecule has 5 nitrogen and oxygen atoms in total. The zero-order valence-electron chi connectivity index (χ0n) is 7.84. The Morgan fingerprint density at radius 1 is 1.46 bits per heavy atom. The van der Waals surface area contributed by atoms with Crippen molar-refractivity contribution in [3.05, 3.63) is 0 Å². The van der Waals surface area contributed by atoms with Gasteiger partial charge in [0.2, 0.25) is 0 Å². The van der Waals surface area contributed by atoms with E-state index in [4.69, 9.17) is 9.57 Å². The first-order valence-electron chi connectivity index (χ1n) is 4.50. The molecule has 1 saturated carbocycles. The number of nitrogens with one attached hydrogen (secondary N) is 2. The molecular formula is C8H16N2O3. The lowest BCUT2D eigenvalue weighted by Crippen LogP contribution is -2.45. The fraction of sp³-hybridized carbons (Fsp3) is 0.875. The summed E-state index contributed by atoms with van der Waals surface area (Å²) in [4.78, 5) is 15.8. The van der Waals surface area contributed by atoms with Gasteiger partial charge in [-0.25, -0.2) is 10.3 Å². The van der Waals surface area contributed by atoms with Gasteiger partial charge in [-0.15, -0.1) is 0 Å². The molecule has 76 valence electrons. The van der Waals surface area contributed by atoms with Crippen LogP contribution < -0.4 is 10.8 Å². The molecule has 1 fully saturated rings. The summed E-state index contributed by atoms with van der Waals surface area (Å²) in [7, 11) is 1.58. The maximum atomic E-state index is 11.0. The number of carbonyl (C=O) groups is 1. The molecule has 2 N–H and O–H groups in total. The first-order chi connectivity index (χ1) is 6.33. The summed E-state index contributed by atoms with van der Waals surface area (Å²) in [6, 6.07) is 0.0758. The third kappa shape index (κ3) is 4.10. The number of hydrogen-bond acceptors (Lipinski definition) is 3. The van der Waals surface area contributed by atoms with E-state index < -0.39 is 0 Å². The van der Waals surface area contributed by atoms with Crippen LogP contribution in [0.25, 0.3) is 0 Å². The number of ether oxygens (including phenoxy) is 1. The van der Waals surface area contributed by atoms with Crippen LogP contribution in [0.2, 0.25) is 0 Å². The largest absolute Gasteiger partial charge is 0.382 e. The molecule has 0 aliphatic heterocycles. The molecule has 1 aliphatic carbocycles. The van der Waals surface area contributed by atoms with Gasteiger partial charge >= 0.3 is 6.03 Å². The van der Waals surface area contributed by atoms with Crippen molar-refractivity contribution in [2.45, 2.75) is 25.3 Å². The fourth-order valence-electron chi connectivity index (χ4n) is 1.01. The van der Waals surface area contributed by atoms with Gasteiger partial charge in [0, 0.05) is 13.2 Å². The van der Waals surface area contributed by atoms with Crippen molar-refractivity contribution in [3.8, 4) is 0 Å². The van der Waals surface area contributed by atoms with Crippen LogP contribution in [0.5, 0.6) is 0 Å². The van der Waals surface area contributed by atoms with Gasteiger partial charge in [0.05, 0.1) is 13.2 Å². The SMILES string of the molecule is COCCONC(=O)NC1CCC1. The number of hydrogen-bond donors (Lipinski definition) is 2. The van der Waals surface area contributed by atoms with Gasteiger partial charge in [-0.1, -0.05) is 0 Å². The standard InChI is InChI=1S/C8H16N2O3/c1-12-5-6-13-10-8(11)9-7-3-2-4-7/h7H,2-6H2,1H3,(H2,9,10,11). The maximum Gasteiger partial charge on any atom is 0.338 e. The minimum absolute atomic E-state index is 0.263. The zero-order chi connectivity index (χ0) is 9.52. The van der Waals surface area contributed by atoms with Gasteiger partial charge in [0.15, 0.2) is 0 Å². The molecule has 0 bridgehead atoms. The zero-order valence-corrected chi connectivity index (χ0v) is 7.84. The number of hydroxylamine groups is 1. The summed E-state index contributed by atoms with van der Waals surface area (Å²) >= 11 is 0. The van der Waals surface area contributed by atoms with E-state index in [-0.39, 0.29) is 6.03 Å². The summed E-state index contributed by atoms with van der Waals surface area (Å²) in [6.45, 7) is 0.846. The van der Waals surface area contributed by atoms with Crippen LogP contribution in [0.1, 0.15) is 19.3 Å². The Bertz CT molecular complexity index is 159. The molecule has 0 unspecified atom stereocenters. The average Bonchev–Trinajstić information content (AvgIpc) is 2.06. The van der Waals surface area contributed by atoms with Gasteiger partial charge in [0.1, 0.15) is 0 Å². The van der Waals surface area contributed by atoms with Crippen LogP contribution in [0, 0.1) is 0 Å². The van der Waals surface area contributed by atoms with Crippen molar-refractivity contribution in [3.63, 3.8) is 0 Å². The van der Waals surface area contributed by atoms with E-state index in [1.807, 2.05) is 0 Å². The topological polar surface area (TPSA) is 59.6 Å². The molecular weight excluding hydrogens is 172 g/mol. The minimum atomic E-state index is -0.263. The highest BCUT2D eigenvalue weighted by Gasteiger charge is 2.18. The van der Waals surface area contributed by atoms with E-state index in [1.165, 1.54) is 6.42 Å². The second-order valence-corrected chi connectivity index (χ2v) is 3.04. The summed E-state index contributed by atoms with van der Waals surface area (Å²) in [6.07, 6.45) is 3.35. The second-order valence-electron chi connectivity index (χ2n) is 3.04. The lowest BCUT2D eigenvalue weighted by atomic mass is 9.93. The van der Waals surface area contributed by atoms with E-state index in [1.54, 1.807) is 7.11 Å². The number of methoxy groups -OCH3 is 1. The van der Waals surface area contributed by atoms with E-state index in [9.17, 15) is 4.79 Å². The molecule has 1 rings (SSSR count). The third-order valence-electron chi connectivity index (χ3n) is 1.99. The molecule has 0 spiro atoms. The van der Waals surface area contributed by atoms with Crippen molar-refractivity contribution in [1.29, 1.82) is 0 Å². The highest BCUT2D eigenvalue weighted by molar-refractivity contribution is 5.73. The first-order valence-corrected chi connectivity index (χ1v) is 4.50. The number of rotatable bonds is 5. The molecule has 0 aromatic carbocycles. The van der Waals surface area contributed by atoms with E-state index >= 15 is 0 Å². The Balaban J connectivity index is 1.91. The highest BCUT2D eigenvalue weighted by atomic mass is 16.7. The van der Waals surface area contributed by atoms with Gasteiger partial charge in [0.25, 0.3) is 0 Å². The molecule has 1 aliphatic rings. The van der Waals surface area contributed by atoms with Crippen molar-refractivity contribution in [2.75, 3.05) is 20.3 Å². The van der Waals surface area contributed by atoms with Crippen LogP contribution in [0.3, 0.4) is 0 Å². The summed E-state index contributed by atoms with van der Waals surface area (Å²) < 4.78 is 4.74. The molecule has 0 atom stereocenters. The molecule has 0 radical (unpaired) electrons. The molecule has 0 aromatic heterocycles. The van der Waals surface area contributed by atoms with E-state index in [0.29, 0.717) is 19.3 Å². The smallest absolute Gasteiger partial charge is 0.338 e. The van der Waals surface area contributed by atoms with Crippen LogP contribution in [-0.4, -0.2) is 32.4 Å². The maximum absolute atomic E-state index is 11.0. The lowest BCUT2D eigenvalue weighted by molar-refractivity contribution is 0.0230. The Kier molecular flexibility index (Phi) is 4.56. The first kappa shape index (κ1) is 10.3. The van der Waals surface area contributed by atoms with Crippen molar-refractivity contribution >= 4 is 6.03 Å². The molecule has 0 aromatic rings. The molecule has 13 heavy (non-hydrogen) atoms. The predicted octanol–water partition coefficient (Wildman–Crippen LogP) is 0.416.